The first-order valence-corrected chi connectivity index (χ1v) is 11.1. The summed E-state index contributed by atoms with van der Waals surface area (Å²) in [6, 6.07) is 5.21. The van der Waals surface area contributed by atoms with Crippen LogP contribution in [-0.2, 0) is 18.3 Å². The van der Waals surface area contributed by atoms with Gasteiger partial charge < -0.3 is 5.32 Å². The third-order valence-corrected chi connectivity index (χ3v) is 6.14. The fraction of sp³-hybridized carbons (Fsp3) is 0.333. The highest BCUT2D eigenvalue weighted by molar-refractivity contribution is 6.29. The average molecular weight is 453 g/mol. The lowest BCUT2D eigenvalue weighted by atomic mass is 9.98. The molecule has 0 spiro atoms. The third kappa shape index (κ3) is 4.99. The van der Waals surface area contributed by atoms with E-state index in [1.165, 1.54) is 10.1 Å². The summed E-state index contributed by atoms with van der Waals surface area (Å²) in [5.41, 5.74) is 1.49. The molecule has 166 valence electrons. The Morgan fingerprint density at radius 3 is 2.91 bits per heavy atom. The van der Waals surface area contributed by atoms with Crippen molar-refractivity contribution in [3.63, 3.8) is 0 Å². The summed E-state index contributed by atoms with van der Waals surface area (Å²) in [5, 5.41) is 4.08. The zero-order valence-electron chi connectivity index (χ0n) is 17.9. The molecule has 1 aromatic carbocycles. The van der Waals surface area contributed by atoms with Crippen LogP contribution in [0.3, 0.4) is 0 Å². The van der Waals surface area contributed by atoms with Crippen LogP contribution in [0, 0.1) is 0 Å². The van der Waals surface area contributed by atoms with Crippen LogP contribution in [0.15, 0.2) is 67.7 Å². The number of H-pyrrole nitrogens is 1. The minimum absolute atomic E-state index is 0.0143. The fourth-order valence-electron chi connectivity index (χ4n) is 4.09. The smallest absolute Gasteiger partial charge is 0.311 e. The topological polar surface area (TPSA) is 96.3 Å². The quantitative estimate of drug-likeness (QED) is 0.704. The zero-order chi connectivity index (χ0) is 22.7. The molecule has 0 saturated heterocycles. The Labute approximate surface area is 190 Å². The molecule has 32 heavy (non-hydrogen) atoms. The van der Waals surface area contributed by atoms with Gasteiger partial charge in [-0.1, -0.05) is 41.5 Å². The van der Waals surface area contributed by atoms with Crippen molar-refractivity contribution < 1.29 is 4.79 Å². The number of rotatable bonds is 6. The number of carbonyl (C=O) groups excluding carboxylic acids is 1. The molecule has 1 atom stereocenters. The number of allylic oxidation sites excluding steroid dienone is 4. The maximum absolute atomic E-state index is 12.6. The summed E-state index contributed by atoms with van der Waals surface area (Å²) in [6.07, 6.45) is 12.8. The maximum Gasteiger partial charge on any atom is 0.328 e. The number of carbonyl (C=O) groups is 1. The minimum Gasteiger partial charge on any atom is -0.311 e. The molecule has 1 aliphatic carbocycles. The van der Waals surface area contributed by atoms with E-state index in [0.717, 1.165) is 37.1 Å². The summed E-state index contributed by atoms with van der Waals surface area (Å²) in [6.45, 7) is 0. The van der Waals surface area contributed by atoms with Gasteiger partial charge in [0.1, 0.15) is 5.84 Å². The molecule has 7 nitrogen and oxygen atoms in total. The summed E-state index contributed by atoms with van der Waals surface area (Å²) >= 11 is 6.00. The van der Waals surface area contributed by atoms with Gasteiger partial charge in [0.2, 0.25) is 5.91 Å². The number of nitrogens with zero attached hydrogens (tertiary/aromatic N) is 2. The van der Waals surface area contributed by atoms with Gasteiger partial charge in [0, 0.05) is 12.1 Å². The molecular weight excluding hydrogens is 428 g/mol. The Morgan fingerprint density at radius 2 is 2.12 bits per heavy atom. The second-order valence-corrected chi connectivity index (χ2v) is 8.61. The number of aromatic amines is 1. The van der Waals surface area contributed by atoms with E-state index in [9.17, 15) is 14.4 Å². The lowest BCUT2D eigenvalue weighted by Crippen LogP contribution is -2.32. The molecular formula is C24H25ClN4O3. The molecule has 8 heteroatoms. The van der Waals surface area contributed by atoms with Crippen molar-refractivity contribution in [2.75, 3.05) is 0 Å². The second kappa shape index (κ2) is 9.53. The summed E-state index contributed by atoms with van der Waals surface area (Å²) in [4.78, 5) is 43.6. The van der Waals surface area contributed by atoms with Gasteiger partial charge in [0.05, 0.1) is 23.4 Å². The number of amides is 1. The Kier molecular flexibility index (Phi) is 6.55. The number of hydrogen-bond acceptors (Lipinski definition) is 4. The standard InChI is InChI=1S/C24H25ClN4O3/c1-29-19-7-3-5-16(22(19)23(31)28-24(29)32)14-21(30)27-20-13-12-18(26-20)6-2-4-15-8-10-17(25)11-9-15/h3,5,7-8,10,12-13,18H,2,4,6,9,11,14H2,1H3,(H,26,27,30)(H,28,31,32). The minimum atomic E-state index is -0.490. The van der Waals surface area contributed by atoms with Gasteiger partial charge in [-0.3, -0.25) is 24.1 Å². The highest BCUT2D eigenvalue weighted by Crippen LogP contribution is 2.25. The SMILES string of the molecule is Cn1c(=O)[nH]c(=O)c2c(CC(=O)NC3=NC(CCCC4=CC=C(Cl)CC4)C=C3)cccc21. The molecule has 0 bridgehead atoms. The summed E-state index contributed by atoms with van der Waals surface area (Å²) in [5.74, 6) is 0.277. The van der Waals surface area contributed by atoms with E-state index < -0.39 is 11.2 Å². The summed E-state index contributed by atoms with van der Waals surface area (Å²) in [7, 11) is 1.58. The number of aliphatic imine (C=N–C) groups is 1. The average Bonchev–Trinajstić information content (AvgIpc) is 3.20. The molecule has 1 amide bonds. The van der Waals surface area contributed by atoms with Crippen molar-refractivity contribution in [2.24, 2.45) is 12.0 Å². The number of aryl methyl sites for hydroxylation is 1. The molecule has 2 N–H and O–H groups in total. The Bertz CT molecular complexity index is 1300. The largest absolute Gasteiger partial charge is 0.328 e. The molecule has 2 aliphatic rings. The van der Waals surface area contributed by atoms with Crippen LogP contribution in [-0.4, -0.2) is 27.3 Å². The van der Waals surface area contributed by atoms with Gasteiger partial charge in [0.25, 0.3) is 5.56 Å². The normalized spacial score (nSPS) is 17.8. The van der Waals surface area contributed by atoms with E-state index in [1.807, 2.05) is 18.2 Å². The van der Waals surface area contributed by atoms with Crippen LogP contribution < -0.4 is 16.6 Å². The van der Waals surface area contributed by atoms with Crippen LogP contribution in [0.4, 0.5) is 0 Å². The molecule has 0 radical (unpaired) electrons. The Morgan fingerprint density at radius 1 is 1.28 bits per heavy atom. The monoisotopic (exact) mass is 452 g/mol. The third-order valence-electron chi connectivity index (χ3n) is 5.82. The van der Waals surface area contributed by atoms with Crippen molar-refractivity contribution in [3.8, 4) is 0 Å². The van der Waals surface area contributed by atoms with Crippen molar-refractivity contribution in [1.82, 2.24) is 14.9 Å². The van der Waals surface area contributed by atoms with E-state index in [4.69, 9.17) is 11.6 Å². The van der Waals surface area contributed by atoms with Gasteiger partial charge in [-0.15, -0.1) is 0 Å². The molecule has 2 heterocycles. The molecule has 0 fully saturated rings. The Hall–Kier alpha value is -3.19. The number of nitrogens with one attached hydrogen (secondary N) is 2. The molecule has 1 aliphatic heterocycles. The van der Waals surface area contributed by atoms with Crippen molar-refractivity contribution >= 4 is 34.2 Å². The van der Waals surface area contributed by atoms with Crippen LogP contribution in [0.5, 0.6) is 0 Å². The van der Waals surface area contributed by atoms with E-state index in [-0.39, 0.29) is 18.4 Å². The number of fused-ring (bicyclic) bond motifs is 1. The molecule has 1 unspecified atom stereocenters. The maximum atomic E-state index is 12.6. The fourth-order valence-corrected chi connectivity index (χ4v) is 4.25. The van der Waals surface area contributed by atoms with Crippen LogP contribution >= 0.6 is 11.6 Å². The molecule has 4 rings (SSSR count). The van der Waals surface area contributed by atoms with E-state index >= 15 is 0 Å². The first kappa shape index (κ1) is 22.0. The van der Waals surface area contributed by atoms with E-state index in [1.54, 1.807) is 25.2 Å². The van der Waals surface area contributed by atoms with Crippen molar-refractivity contribution in [1.29, 1.82) is 0 Å². The number of amidine groups is 1. The van der Waals surface area contributed by atoms with Crippen LogP contribution in [0.2, 0.25) is 0 Å². The van der Waals surface area contributed by atoms with Gasteiger partial charge in [-0.05, 0) is 55.9 Å². The van der Waals surface area contributed by atoms with Gasteiger partial charge in [-0.25, -0.2) is 4.79 Å². The van der Waals surface area contributed by atoms with Gasteiger partial charge in [0.15, 0.2) is 0 Å². The summed E-state index contributed by atoms with van der Waals surface area (Å²) < 4.78 is 1.36. The number of benzene rings is 1. The molecule has 0 saturated carbocycles. The van der Waals surface area contributed by atoms with Crippen LogP contribution in [0.1, 0.15) is 37.7 Å². The highest BCUT2D eigenvalue weighted by atomic mass is 35.5. The predicted octanol–water partition coefficient (Wildman–Crippen LogP) is 3.24. The van der Waals surface area contributed by atoms with Crippen molar-refractivity contribution in [3.05, 3.63) is 79.5 Å². The number of hydrogen-bond donors (Lipinski definition) is 2. The predicted molar refractivity (Wildman–Crippen MR) is 127 cm³/mol. The lowest BCUT2D eigenvalue weighted by Gasteiger charge is -2.11. The van der Waals surface area contributed by atoms with Gasteiger partial charge in [-0.2, -0.15) is 0 Å². The number of aromatic nitrogens is 2. The van der Waals surface area contributed by atoms with E-state index in [2.05, 4.69) is 21.4 Å². The second-order valence-electron chi connectivity index (χ2n) is 8.13. The van der Waals surface area contributed by atoms with Crippen LogP contribution in [0.25, 0.3) is 10.9 Å². The van der Waals surface area contributed by atoms with Crippen molar-refractivity contribution in [2.45, 2.75) is 44.6 Å². The number of halogens is 1. The Balaban J connectivity index is 1.35. The first-order valence-electron chi connectivity index (χ1n) is 10.7. The molecule has 1 aromatic heterocycles. The zero-order valence-corrected chi connectivity index (χ0v) is 18.6. The first-order chi connectivity index (χ1) is 15.4. The van der Waals surface area contributed by atoms with Gasteiger partial charge >= 0.3 is 5.69 Å². The lowest BCUT2D eigenvalue weighted by molar-refractivity contribution is -0.119. The molecule has 2 aromatic rings. The highest BCUT2D eigenvalue weighted by Gasteiger charge is 2.16. The van der Waals surface area contributed by atoms with E-state index in [0.29, 0.717) is 22.3 Å².